The summed E-state index contributed by atoms with van der Waals surface area (Å²) in [5, 5.41) is 6.10. The van der Waals surface area contributed by atoms with Crippen molar-refractivity contribution in [2.24, 2.45) is 0 Å². The molecular formula is C10H10BrN3S. The largest absolute Gasteiger partial charge is 0.356 e. The Hall–Kier alpha value is -0.940. The maximum absolute atomic E-state index is 4.30. The highest BCUT2D eigenvalue weighted by Gasteiger charge is 2.01. The molecule has 0 aliphatic rings. The number of aryl methyl sites for hydroxylation is 1. The smallest absolute Gasteiger partial charge is 0.184 e. The third-order valence-electron chi connectivity index (χ3n) is 2.00. The molecule has 3 nitrogen and oxygen atoms in total. The molecule has 0 aliphatic heterocycles. The molecule has 5 heteroatoms. The van der Waals surface area contributed by atoms with Gasteiger partial charge in [0.25, 0.3) is 0 Å². The second-order valence-electron chi connectivity index (χ2n) is 3.10. The number of rotatable bonds is 3. The van der Waals surface area contributed by atoms with Crippen LogP contribution >= 0.6 is 27.3 Å². The third kappa shape index (κ3) is 2.76. The lowest BCUT2D eigenvalue weighted by Gasteiger charge is -2.04. The summed E-state index contributed by atoms with van der Waals surface area (Å²) >= 11 is 4.89. The summed E-state index contributed by atoms with van der Waals surface area (Å²) in [6.07, 6.45) is 1.81. The lowest BCUT2D eigenvalue weighted by atomic mass is 10.2. The SMILES string of the molecule is Cc1cccnc1CNc1nc(Br)cs1. The van der Waals surface area contributed by atoms with Crippen LogP contribution in [0.3, 0.4) is 0 Å². The summed E-state index contributed by atoms with van der Waals surface area (Å²) in [6, 6.07) is 4.00. The van der Waals surface area contributed by atoms with Gasteiger partial charge in [-0.2, -0.15) is 0 Å². The van der Waals surface area contributed by atoms with E-state index in [0.29, 0.717) is 6.54 Å². The van der Waals surface area contributed by atoms with Crippen LogP contribution in [0.2, 0.25) is 0 Å². The highest BCUT2D eigenvalue weighted by Crippen LogP contribution is 2.20. The van der Waals surface area contributed by atoms with Crippen molar-refractivity contribution in [2.75, 3.05) is 5.32 Å². The quantitative estimate of drug-likeness (QED) is 0.940. The van der Waals surface area contributed by atoms with Crippen molar-refractivity contribution < 1.29 is 0 Å². The van der Waals surface area contributed by atoms with Crippen molar-refractivity contribution in [1.82, 2.24) is 9.97 Å². The van der Waals surface area contributed by atoms with Gasteiger partial charge in [-0.25, -0.2) is 4.98 Å². The van der Waals surface area contributed by atoms with Crippen molar-refractivity contribution in [3.8, 4) is 0 Å². The first-order chi connectivity index (χ1) is 7.25. The monoisotopic (exact) mass is 283 g/mol. The van der Waals surface area contributed by atoms with Crippen LogP contribution in [-0.2, 0) is 6.54 Å². The van der Waals surface area contributed by atoms with Crippen LogP contribution in [0.25, 0.3) is 0 Å². The molecule has 2 rings (SSSR count). The minimum Gasteiger partial charge on any atom is -0.356 e. The number of halogens is 1. The van der Waals surface area contributed by atoms with Gasteiger partial charge in [0.1, 0.15) is 4.60 Å². The molecule has 78 valence electrons. The lowest BCUT2D eigenvalue weighted by molar-refractivity contribution is 1.01. The molecule has 0 saturated carbocycles. The van der Waals surface area contributed by atoms with Crippen molar-refractivity contribution in [3.05, 3.63) is 39.6 Å². The van der Waals surface area contributed by atoms with E-state index in [1.807, 2.05) is 17.6 Å². The standard InChI is InChI=1S/C10H10BrN3S/c1-7-3-2-4-12-8(7)5-13-10-14-9(11)6-15-10/h2-4,6H,5H2,1H3,(H,13,14). The Morgan fingerprint density at radius 3 is 3.07 bits per heavy atom. The minimum atomic E-state index is 0.715. The number of nitrogens with zero attached hydrogens (tertiary/aromatic N) is 2. The molecule has 0 radical (unpaired) electrons. The number of pyridine rings is 1. The maximum Gasteiger partial charge on any atom is 0.184 e. The van der Waals surface area contributed by atoms with Crippen molar-refractivity contribution in [3.63, 3.8) is 0 Å². The molecule has 2 heterocycles. The normalized spacial score (nSPS) is 10.3. The second-order valence-corrected chi connectivity index (χ2v) is 4.77. The zero-order valence-electron chi connectivity index (χ0n) is 8.20. The lowest BCUT2D eigenvalue weighted by Crippen LogP contribution is -2.02. The van der Waals surface area contributed by atoms with Crippen LogP contribution < -0.4 is 5.32 Å². The van der Waals surface area contributed by atoms with Gasteiger partial charge in [-0.05, 0) is 34.5 Å². The Labute approximate surface area is 101 Å². The number of hydrogen-bond acceptors (Lipinski definition) is 4. The summed E-state index contributed by atoms with van der Waals surface area (Å²) in [6.45, 7) is 2.77. The van der Waals surface area contributed by atoms with E-state index in [0.717, 1.165) is 15.4 Å². The van der Waals surface area contributed by atoms with Crippen LogP contribution in [0.5, 0.6) is 0 Å². The van der Waals surface area contributed by atoms with Crippen molar-refractivity contribution in [1.29, 1.82) is 0 Å². The average molecular weight is 284 g/mol. The Morgan fingerprint density at radius 1 is 1.53 bits per heavy atom. The highest BCUT2D eigenvalue weighted by atomic mass is 79.9. The summed E-state index contributed by atoms with van der Waals surface area (Å²) in [7, 11) is 0. The van der Waals surface area contributed by atoms with Gasteiger partial charge in [-0.3, -0.25) is 4.98 Å². The van der Waals surface area contributed by atoms with Crippen molar-refractivity contribution in [2.45, 2.75) is 13.5 Å². The first kappa shape index (κ1) is 10.6. The molecule has 0 spiro atoms. The van der Waals surface area contributed by atoms with Crippen LogP contribution in [-0.4, -0.2) is 9.97 Å². The van der Waals surface area contributed by atoms with E-state index in [9.17, 15) is 0 Å². The fourth-order valence-electron chi connectivity index (χ4n) is 1.20. The highest BCUT2D eigenvalue weighted by molar-refractivity contribution is 9.10. The van der Waals surface area contributed by atoms with Gasteiger partial charge in [0.2, 0.25) is 0 Å². The van der Waals surface area contributed by atoms with E-state index in [1.54, 1.807) is 11.3 Å². The van der Waals surface area contributed by atoms with E-state index in [4.69, 9.17) is 0 Å². The predicted molar refractivity (Wildman–Crippen MR) is 66.1 cm³/mol. The number of aromatic nitrogens is 2. The molecule has 0 bridgehead atoms. The minimum absolute atomic E-state index is 0.715. The molecule has 2 aromatic rings. The molecule has 2 aromatic heterocycles. The maximum atomic E-state index is 4.30. The molecule has 0 amide bonds. The Bertz CT molecular complexity index is 455. The molecule has 0 unspecified atom stereocenters. The second kappa shape index (κ2) is 4.72. The topological polar surface area (TPSA) is 37.8 Å². The van der Waals surface area contributed by atoms with E-state index in [-0.39, 0.29) is 0 Å². The molecule has 0 atom stereocenters. The van der Waals surface area contributed by atoms with Crippen LogP contribution in [0.1, 0.15) is 11.3 Å². The van der Waals surface area contributed by atoms with Gasteiger partial charge in [-0.15, -0.1) is 11.3 Å². The molecule has 0 saturated heterocycles. The third-order valence-corrected chi connectivity index (χ3v) is 3.51. The fourth-order valence-corrected chi connectivity index (χ4v) is 2.34. The zero-order chi connectivity index (χ0) is 10.7. The fraction of sp³-hybridized carbons (Fsp3) is 0.200. The van der Waals surface area contributed by atoms with Gasteiger partial charge in [0, 0.05) is 11.6 Å². The summed E-state index contributed by atoms with van der Waals surface area (Å²) in [5.41, 5.74) is 2.25. The molecule has 0 fully saturated rings. The van der Waals surface area contributed by atoms with Crippen LogP contribution in [0.15, 0.2) is 28.3 Å². The van der Waals surface area contributed by atoms with Gasteiger partial charge < -0.3 is 5.32 Å². The average Bonchev–Trinajstić information content (AvgIpc) is 2.63. The molecule has 15 heavy (non-hydrogen) atoms. The van der Waals surface area contributed by atoms with Gasteiger partial charge >= 0.3 is 0 Å². The first-order valence-electron chi connectivity index (χ1n) is 4.51. The number of thiazole rings is 1. The van der Waals surface area contributed by atoms with Gasteiger partial charge in [0.15, 0.2) is 5.13 Å². The predicted octanol–water partition coefficient (Wildman–Crippen LogP) is 3.22. The number of anilines is 1. The van der Waals surface area contributed by atoms with E-state index in [2.05, 4.69) is 44.2 Å². The molecule has 1 N–H and O–H groups in total. The number of nitrogens with one attached hydrogen (secondary N) is 1. The Kier molecular flexibility index (Phi) is 3.33. The van der Waals surface area contributed by atoms with Crippen molar-refractivity contribution >= 4 is 32.4 Å². The summed E-state index contributed by atoms with van der Waals surface area (Å²) in [5.74, 6) is 0. The van der Waals surface area contributed by atoms with E-state index >= 15 is 0 Å². The number of hydrogen-bond donors (Lipinski definition) is 1. The Balaban J connectivity index is 2.02. The molecule has 0 aliphatic carbocycles. The zero-order valence-corrected chi connectivity index (χ0v) is 10.6. The Morgan fingerprint density at radius 2 is 2.40 bits per heavy atom. The van der Waals surface area contributed by atoms with Crippen LogP contribution in [0.4, 0.5) is 5.13 Å². The van der Waals surface area contributed by atoms with E-state index in [1.165, 1.54) is 5.56 Å². The van der Waals surface area contributed by atoms with Gasteiger partial charge in [-0.1, -0.05) is 6.07 Å². The molecule has 0 aromatic carbocycles. The van der Waals surface area contributed by atoms with Crippen LogP contribution in [0, 0.1) is 6.92 Å². The first-order valence-corrected chi connectivity index (χ1v) is 6.18. The summed E-state index contributed by atoms with van der Waals surface area (Å²) < 4.78 is 0.868. The van der Waals surface area contributed by atoms with Gasteiger partial charge in [0.05, 0.1) is 12.2 Å². The van der Waals surface area contributed by atoms with E-state index < -0.39 is 0 Å². The summed E-state index contributed by atoms with van der Waals surface area (Å²) in [4.78, 5) is 8.55. The molecular weight excluding hydrogens is 274 g/mol.